The molecule has 4 bridgehead atoms. The van der Waals surface area contributed by atoms with Crippen molar-refractivity contribution in [2.45, 2.75) is 25.7 Å². The summed E-state index contributed by atoms with van der Waals surface area (Å²) in [5.74, 6) is 0.466. The number of nitrogens with one attached hydrogen (secondary N) is 2. The van der Waals surface area contributed by atoms with Crippen molar-refractivity contribution in [1.82, 2.24) is 25.4 Å². The fourth-order valence-corrected chi connectivity index (χ4v) is 5.60. The molecular formula is C23H36N6S. The summed E-state index contributed by atoms with van der Waals surface area (Å²) in [7, 11) is 0. The normalized spacial score (nSPS) is 31.2. The third-order valence-electron chi connectivity index (χ3n) is 6.99. The summed E-state index contributed by atoms with van der Waals surface area (Å²) in [6.45, 7) is 15.2. The molecule has 6 nitrogen and oxygen atoms in total. The summed E-state index contributed by atoms with van der Waals surface area (Å²) in [4.78, 5) is 7.70. The molecule has 7 heteroatoms. The highest BCUT2D eigenvalue weighted by Gasteiger charge is 2.53. The van der Waals surface area contributed by atoms with E-state index in [1.807, 2.05) is 0 Å². The summed E-state index contributed by atoms with van der Waals surface area (Å²) in [6, 6.07) is 11.0. The minimum absolute atomic E-state index is 0.0374. The molecule has 4 heterocycles. The number of nitrogens with zero attached hydrogens (tertiary/aromatic N) is 4. The molecule has 4 aliphatic rings. The first-order valence-corrected chi connectivity index (χ1v) is 11.9. The smallest absolute Gasteiger partial charge is 0.186 e. The van der Waals surface area contributed by atoms with Crippen molar-refractivity contribution >= 4 is 23.0 Å². The van der Waals surface area contributed by atoms with Gasteiger partial charge in [0.15, 0.2) is 5.11 Å². The van der Waals surface area contributed by atoms with Gasteiger partial charge in [0.25, 0.3) is 0 Å². The van der Waals surface area contributed by atoms with Crippen LogP contribution in [0.15, 0.2) is 35.4 Å². The van der Waals surface area contributed by atoms with E-state index in [1.165, 1.54) is 11.3 Å². The number of hydrogen-bond donors (Lipinski definition) is 2. The van der Waals surface area contributed by atoms with Gasteiger partial charge in [-0.1, -0.05) is 44.2 Å². The van der Waals surface area contributed by atoms with E-state index < -0.39 is 0 Å². The van der Waals surface area contributed by atoms with Crippen LogP contribution in [0.25, 0.3) is 0 Å². The molecule has 0 aliphatic carbocycles. The number of piperidine rings is 2. The van der Waals surface area contributed by atoms with E-state index >= 15 is 0 Å². The maximum absolute atomic E-state index is 5.54. The van der Waals surface area contributed by atoms with Gasteiger partial charge in [0.1, 0.15) is 0 Å². The number of hydrogen-bond acceptors (Lipinski definition) is 5. The van der Waals surface area contributed by atoms with Crippen molar-refractivity contribution in [1.29, 1.82) is 0 Å². The minimum atomic E-state index is -0.0374. The topological polar surface area (TPSA) is 46.1 Å². The van der Waals surface area contributed by atoms with Gasteiger partial charge in [0.2, 0.25) is 0 Å². The number of rotatable bonds is 8. The van der Waals surface area contributed by atoms with Crippen LogP contribution in [0.4, 0.5) is 0 Å². The molecule has 164 valence electrons. The lowest BCUT2D eigenvalue weighted by atomic mass is 9.66. The lowest BCUT2D eigenvalue weighted by molar-refractivity contribution is 0.163. The maximum atomic E-state index is 5.54. The van der Waals surface area contributed by atoms with E-state index in [0.717, 1.165) is 71.9 Å². The Kier molecular flexibility index (Phi) is 7.03. The Balaban J connectivity index is 1.44. The molecule has 0 amide bonds. The Morgan fingerprint density at radius 1 is 1.13 bits per heavy atom. The molecule has 4 saturated heterocycles. The Labute approximate surface area is 186 Å². The van der Waals surface area contributed by atoms with Gasteiger partial charge in [-0.05, 0) is 43.8 Å². The summed E-state index contributed by atoms with van der Waals surface area (Å²) in [5.41, 5.74) is 5.83. The fraction of sp³-hybridized carbons (Fsp3) is 0.652. The van der Waals surface area contributed by atoms with Gasteiger partial charge in [0.05, 0.1) is 11.1 Å². The summed E-state index contributed by atoms with van der Waals surface area (Å²) >= 11 is 5.54. The number of benzene rings is 1. The Morgan fingerprint density at radius 3 is 2.43 bits per heavy atom. The van der Waals surface area contributed by atoms with Crippen molar-refractivity contribution < 1.29 is 0 Å². The highest BCUT2D eigenvalue weighted by atomic mass is 32.1. The molecule has 1 aromatic carbocycles. The van der Waals surface area contributed by atoms with Gasteiger partial charge in [0, 0.05) is 51.7 Å². The van der Waals surface area contributed by atoms with Crippen molar-refractivity contribution in [2.24, 2.45) is 11.0 Å². The lowest BCUT2D eigenvalue weighted by Gasteiger charge is -2.50. The molecule has 5 rings (SSSR count). The largest absolute Gasteiger partial charge is 0.361 e. The van der Waals surface area contributed by atoms with Gasteiger partial charge >= 0.3 is 0 Å². The first kappa shape index (κ1) is 21.7. The molecule has 4 aliphatic heterocycles. The molecule has 0 radical (unpaired) electrons. The molecule has 30 heavy (non-hydrogen) atoms. The van der Waals surface area contributed by atoms with E-state index in [9.17, 15) is 0 Å². The van der Waals surface area contributed by atoms with E-state index in [4.69, 9.17) is 17.3 Å². The quantitative estimate of drug-likeness (QED) is 0.374. The molecule has 2 N–H and O–H groups in total. The van der Waals surface area contributed by atoms with Crippen LogP contribution in [0.5, 0.6) is 0 Å². The summed E-state index contributed by atoms with van der Waals surface area (Å²) in [6.07, 6.45) is 1.08. The third-order valence-corrected chi connectivity index (χ3v) is 7.22. The van der Waals surface area contributed by atoms with Crippen LogP contribution in [0.2, 0.25) is 0 Å². The molecule has 4 fully saturated rings. The van der Waals surface area contributed by atoms with Crippen molar-refractivity contribution in [3.63, 3.8) is 0 Å². The Bertz CT molecular complexity index is 731. The first-order valence-electron chi connectivity index (χ1n) is 11.5. The zero-order valence-electron chi connectivity index (χ0n) is 18.4. The first-order chi connectivity index (χ1) is 14.6. The zero-order chi connectivity index (χ0) is 21.0. The average molecular weight is 429 g/mol. The zero-order valence-corrected chi connectivity index (χ0v) is 19.3. The van der Waals surface area contributed by atoms with Crippen LogP contribution in [0.1, 0.15) is 25.8 Å². The van der Waals surface area contributed by atoms with Crippen LogP contribution in [-0.2, 0) is 5.41 Å². The van der Waals surface area contributed by atoms with Gasteiger partial charge in [-0.15, -0.1) is 0 Å². The van der Waals surface area contributed by atoms with Crippen molar-refractivity contribution in [2.75, 3.05) is 65.4 Å². The average Bonchev–Trinajstić information content (AvgIpc) is 3.02. The fourth-order valence-electron chi connectivity index (χ4n) is 5.45. The number of hydrazone groups is 1. The van der Waals surface area contributed by atoms with Crippen LogP contribution in [0, 0.1) is 5.92 Å². The predicted octanol–water partition coefficient (Wildman–Crippen LogP) is 1.74. The van der Waals surface area contributed by atoms with Crippen LogP contribution < -0.4 is 10.7 Å². The Hall–Kier alpha value is -1.54. The Morgan fingerprint density at radius 2 is 1.80 bits per heavy atom. The molecule has 1 aromatic rings. The summed E-state index contributed by atoms with van der Waals surface area (Å²) < 4.78 is 0. The highest BCUT2D eigenvalue weighted by molar-refractivity contribution is 7.80. The van der Waals surface area contributed by atoms with Crippen LogP contribution >= 0.6 is 12.2 Å². The molecule has 2 atom stereocenters. The molecule has 2 unspecified atom stereocenters. The van der Waals surface area contributed by atoms with Gasteiger partial charge in [-0.25, -0.2) is 0 Å². The third kappa shape index (κ3) is 4.54. The van der Waals surface area contributed by atoms with E-state index in [-0.39, 0.29) is 5.41 Å². The molecule has 0 saturated carbocycles. The second kappa shape index (κ2) is 9.73. The van der Waals surface area contributed by atoms with Crippen molar-refractivity contribution in [3.05, 3.63) is 35.9 Å². The molecule has 0 aromatic heterocycles. The monoisotopic (exact) mass is 428 g/mol. The van der Waals surface area contributed by atoms with E-state index in [1.54, 1.807) is 0 Å². The van der Waals surface area contributed by atoms with Gasteiger partial charge in [-0.2, -0.15) is 5.10 Å². The predicted molar refractivity (Wildman–Crippen MR) is 128 cm³/mol. The van der Waals surface area contributed by atoms with Gasteiger partial charge in [-0.3, -0.25) is 5.43 Å². The highest BCUT2D eigenvalue weighted by Crippen LogP contribution is 2.40. The maximum Gasteiger partial charge on any atom is 0.186 e. The number of fused-ring (bicyclic) bond motifs is 1. The van der Waals surface area contributed by atoms with E-state index in [2.05, 4.69) is 69.6 Å². The van der Waals surface area contributed by atoms with Crippen LogP contribution in [-0.4, -0.2) is 91.0 Å². The molecular weight excluding hydrogens is 392 g/mol. The second-order valence-corrected chi connectivity index (χ2v) is 9.27. The van der Waals surface area contributed by atoms with Crippen molar-refractivity contribution in [3.8, 4) is 0 Å². The van der Waals surface area contributed by atoms with Crippen LogP contribution in [0.3, 0.4) is 0 Å². The SMILES string of the molecule is CCN(CC)CCCNC(=S)NN=C1C2CN3CCN(C2)CC1(c1ccccc1)C3. The standard InChI is InChI=1S/C23H36N6S/c1-3-27(4-2)12-8-11-24-22(30)26-25-21-19-15-28-13-14-29(16-19)18-23(21,17-28)20-9-6-5-7-10-20/h5-7,9-10,19H,3-4,8,11-18H2,1-2H3,(H2,24,26,30). The molecule has 0 spiro atoms. The lowest BCUT2D eigenvalue weighted by Crippen LogP contribution is -2.64. The second-order valence-electron chi connectivity index (χ2n) is 8.86. The van der Waals surface area contributed by atoms with Gasteiger partial charge < -0.3 is 20.0 Å². The van der Waals surface area contributed by atoms with E-state index in [0.29, 0.717) is 11.0 Å². The summed E-state index contributed by atoms with van der Waals surface area (Å²) in [5, 5.41) is 8.93. The number of thiocarbonyl (C=S) groups is 1. The minimum Gasteiger partial charge on any atom is -0.361 e.